The Hall–Kier alpha value is -3.55. The van der Waals surface area contributed by atoms with Crippen LogP contribution in [0.15, 0.2) is 41.5 Å². The summed E-state index contributed by atoms with van der Waals surface area (Å²) in [5.41, 5.74) is -0.175. The first kappa shape index (κ1) is 25.1. The number of benzene rings is 1. The Balaban J connectivity index is 1.92. The minimum Gasteiger partial charge on any atom is -0.461 e. The summed E-state index contributed by atoms with van der Waals surface area (Å²) < 4.78 is 6.59. The molecule has 180 valence electrons. The van der Waals surface area contributed by atoms with E-state index in [2.05, 4.69) is 22.3 Å². The van der Waals surface area contributed by atoms with Gasteiger partial charge >= 0.3 is 5.97 Å². The van der Waals surface area contributed by atoms with Crippen LogP contribution < -0.4 is 10.9 Å². The molecule has 1 aromatic carbocycles. The van der Waals surface area contributed by atoms with Gasteiger partial charge in [-0.3, -0.25) is 14.6 Å². The fourth-order valence-corrected chi connectivity index (χ4v) is 3.85. The molecule has 8 heteroatoms. The van der Waals surface area contributed by atoms with Crippen molar-refractivity contribution in [3.63, 3.8) is 0 Å². The van der Waals surface area contributed by atoms with Crippen molar-refractivity contribution in [2.24, 2.45) is 0 Å². The van der Waals surface area contributed by atoms with E-state index < -0.39 is 17.3 Å². The Morgan fingerprint density at radius 1 is 1.03 bits per heavy atom. The Morgan fingerprint density at radius 3 is 2.50 bits per heavy atom. The van der Waals surface area contributed by atoms with Crippen LogP contribution in [0, 0.1) is 0 Å². The first-order chi connectivity index (χ1) is 16.5. The van der Waals surface area contributed by atoms with Crippen LogP contribution in [0.1, 0.15) is 80.1 Å². The third-order valence-electron chi connectivity index (χ3n) is 5.66. The lowest BCUT2D eigenvalue weighted by Crippen LogP contribution is -2.31. The topological polar surface area (TPSA) is 103 Å². The number of rotatable bonds is 12. The maximum atomic E-state index is 13.1. The smallest absolute Gasteiger partial charge is 0.359 e. The molecule has 3 rings (SSSR count). The van der Waals surface area contributed by atoms with Crippen LogP contribution in [0.25, 0.3) is 10.8 Å². The first-order valence-electron chi connectivity index (χ1n) is 11.9. The van der Waals surface area contributed by atoms with Crippen molar-refractivity contribution in [2.75, 3.05) is 11.9 Å². The molecule has 0 bridgehead atoms. The SMILES string of the molecule is CCCCCCCCOC(=O)c1nn(CC)c(=O)c(Nc2cncc3ccccc23)c1C(C)=O. The van der Waals surface area contributed by atoms with Crippen LogP contribution in [0.2, 0.25) is 0 Å². The number of hydrogen-bond acceptors (Lipinski definition) is 7. The maximum absolute atomic E-state index is 13.1. The van der Waals surface area contributed by atoms with E-state index in [9.17, 15) is 14.4 Å². The molecule has 1 N–H and O–H groups in total. The summed E-state index contributed by atoms with van der Waals surface area (Å²) >= 11 is 0. The fraction of sp³-hybridized carbons (Fsp3) is 0.423. The van der Waals surface area contributed by atoms with E-state index in [0.29, 0.717) is 5.69 Å². The molecule has 0 fully saturated rings. The molecular weight excluding hydrogens is 432 g/mol. The molecule has 2 aromatic heterocycles. The maximum Gasteiger partial charge on any atom is 0.359 e. The summed E-state index contributed by atoms with van der Waals surface area (Å²) in [6.07, 6.45) is 9.64. The molecule has 34 heavy (non-hydrogen) atoms. The van der Waals surface area contributed by atoms with Gasteiger partial charge in [0.25, 0.3) is 5.56 Å². The lowest BCUT2D eigenvalue weighted by molar-refractivity contribution is 0.0484. The number of ether oxygens (including phenoxy) is 1. The van der Waals surface area contributed by atoms with Gasteiger partial charge in [-0.15, -0.1) is 0 Å². The van der Waals surface area contributed by atoms with Crippen LogP contribution in [-0.2, 0) is 11.3 Å². The number of pyridine rings is 1. The molecule has 0 amide bonds. The number of hydrogen-bond donors (Lipinski definition) is 1. The van der Waals surface area contributed by atoms with Gasteiger partial charge < -0.3 is 10.1 Å². The summed E-state index contributed by atoms with van der Waals surface area (Å²) in [4.78, 5) is 42.9. The quantitative estimate of drug-likeness (QED) is 0.221. The van der Waals surface area contributed by atoms with Gasteiger partial charge in [-0.05, 0) is 20.3 Å². The highest BCUT2D eigenvalue weighted by molar-refractivity contribution is 6.09. The van der Waals surface area contributed by atoms with E-state index in [1.807, 2.05) is 24.3 Å². The van der Waals surface area contributed by atoms with E-state index in [0.717, 1.165) is 34.7 Å². The number of anilines is 2. The number of esters is 1. The van der Waals surface area contributed by atoms with Crippen molar-refractivity contribution in [2.45, 2.75) is 65.8 Å². The van der Waals surface area contributed by atoms with Gasteiger partial charge in [0.1, 0.15) is 5.69 Å². The second-order valence-electron chi connectivity index (χ2n) is 8.21. The number of nitrogens with zero attached hydrogens (tertiary/aromatic N) is 3. The summed E-state index contributed by atoms with van der Waals surface area (Å²) in [7, 11) is 0. The van der Waals surface area contributed by atoms with Crippen LogP contribution in [0.5, 0.6) is 0 Å². The third-order valence-corrected chi connectivity index (χ3v) is 5.66. The zero-order valence-electron chi connectivity index (χ0n) is 20.1. The molecule has 0 saturated heterocycles. The molecule has 0 unspecified atom stereocenters. The van der Waals surface area contributed by atoms with Gasteiger partial charge in [0.05, 0.1) is 24.1 Å². The number of aromatic nitrogens is 3. The second-order valence-corrected chi connectivity index (χ2v) is 8.21. The van der Waals surface area contributed by atoms with Crippen molar-refractivity contribution >= 4 is 33.9 Å². The number of carbonyl (C=O) groups is 2. The second kappa shape index (κ2) is 12.1. The Bertz CT molecular complexity index is 1210. The molecule has 0 saturated carbocycles. The van der Waals surface area contributed by atoms with E-state index in [4.69, 9.17) is 4.74 Å². The average molecular weight is 465 g/mol. The summed E-state index contributed by atoms with van der Waals surface area (Å²) in [6.45, 7) is 5.69. The van der Waals surface area contributed by atoms with Crippen LogP contribution in [0.3, 0.4) is 0 Å². The van der Waals surface area contributed by atoms with Crippen molar-refractivity contribution in [3.8, 4) is 0 Å². The molecule has 0 aliphatic carbocycles. The van der Waals surface area contributed by atoms with Gasteiger partial charge in [0.15, 0.2) is 11.5 Å². The van der Waals surface area contributed by atoms with Crippen LogP contribution in [0.4, 0.5) is 11.4 Å². The highest BCUT2D eigenvalue weighted by atomic mass is 16.5. The van der Waals surface area contributed by atoms with Gasteiger partial charge in [-0.1, -0.05) is 63.3 Å². The monoisotopic (exact) mass is 464 g/mol. The molecule has 0 radical (unpaired) electrons. The predicted octanol–water partition coefficient (Wildman–Crippen LogP) is 5.27. The number of nitrogens with one attached hydrogen (secondary N) is 1. The molecule has 0 aliphatic heterocycles. The summed E-state index contributed by atoms with van der Waals surface area (Å²) in [5, 5.41) is 8.94. The number of Topliss-reactive ketones (excluding diaryl/α,β-unsaturated/α-hetero) is 1. The number of fused-ring (bicyclic) bond motifs is 1. The summed E-state index contributed by atoms with van der Waals surface area (Å²) in [5.74, 6) is -1.16. The number of unbranched alkanes of at least 4 members (excludes halogenated alkanes) is 5. The highest BCUT2D eigenvalue weighted by Gasteiger charge is 2.26. The number of ketones is 1. The standard InChI is InChI=1S/C26H32N4O4/c1-4-6-7-8-9-12-15-34-26(33)24-22(18(3)31)23(25(32)30(5-2)29-24)28-21-17-27-16-19-13-10-11-14-20(19)21/h10-11,13-14,16-17,28H,4-9,12,15H2,1-3H3. The van der Waals surface area contributed by atoms with E-state index in [1.54, 1.807) is 19.3 Å². The summed E-state index contributed by atoms with van der Waals surface area (Å²) in [6, 6.07) is 7.56. The minimum absolute atomic E-state index is 0.00554. The van der Waals surface area contributed by atoms with Crippen molar-refractivity contribution in [3.05, 3.63) is 58.3 Å². The molecule has 2 heterocycles. The van der Waals surface area contributed by atoms with E-state index >= 15 is 0 Å². The molecule has 3 aromatic rings. The third kappa shape index (κ3) is 5.87. The van der Waals surface area contributed by atoms with Crippen molar-refractivity contribution < 1.29 is 14.3 Å². The van der Waals surface area contributed by atoms with Gasteiger partial charge in [-0.25, -0.2) is 9.48 Å². The molecule has 0 spiro atoms. The molecule has 0 aliphatic rings. The lowest BCUT2D eigenvalue weighted by atomic mass is 10.1. The Kier molecular flexibility index (Phi) is 8.90. The normalized spacial score (nSPS) is 10.9. The first-order valence-corrected chi connectivity index (χ1v) is 11.9. The zero-order chi connectivity index (χ0) is 24.5. The highest BCUT2D eigenvalue weighted by Crippen LogP contribution is 2.26. The average Bonchev–Trinajstić information content (AvgIpc) is 2.84. The number of carbonyl (C=O) groups excluding carboxylic acids is 2. The minimum atomic E-state index is -0.708. The van der Waals surface area contributed by atoms with Crippen LogP contribution >= 0.6 is 0 Å². The van der Waals surface area contributed by atoms with Crippen molar-refractivity contribution in [1.29, 1.82) is 0 Å². The van der Waals surface area contributed by atoms with Gasteiger partial charge in [-0.2, -0.15) is 5.10 Å². The van der Waals surface area contributed by atoms with Crippen LogP contribution in [-0.4, -0.2) is 33.1 Å². The van der Waals surface area contributed by atoms with Gasteiger partial charge in [0.2, 0.25) is 0 Å². The Morgan fingerprint density at radius 2 is 1.76 bits per heavy atom. The van der Waals surface area contributed by atoms with Gasteiger partial charge in [0, 0.05) is 23.5 Å². The molecule has 0 atom stereocenters. The largest absolute Gasteiger partial charge is 0.461 e. The Labute approximate surface area is 199 Å². The number of aryl methyl sites for hydroxylation is 1. The predicted molar refractivity (Wildman–Crippen MR) is 133 cm³/mol. The van der Waals surface area contributed by atoms with E-state index in [1.165, 1.54) is 26.2 Å². The lowest BCUT2D eigenvalue weighted by Gasteiger charge is -2.16. The molecule has 8 nitrogen and oxygen atoms in total. The zero-order valence-corrected chi connectivity index (χ0v) is 20.1. The molecular formula is C26H32N4O4. The van der Waals surface area contributed by atoms with Crippen molar-refractivity contribution in [1.82, 2.24) is 14.8 Å². The fourth-order valence-electron chi connectivity index (χ4n) is 3.85. The van der Waals surface area contributed by atoms with E-state index in [-0.39, 0.29) is 30.1 Å².